The molecule has 0 aliphatic carbocycles. The van der Waals surface area contributed by atoms with Gasteiger partial charge in [0.25, 0.3) is 5.91 Å². The highest BCUT2D eigenvalue weighted by molar-refractivity contribution is 5.94. The molecule has 1 fully saturated rings. The predicted molar refractivity (Wildman–Crippen MR) is 69.0 cm³/mol. The molecule has 4 nitrogen and oxygen atoms in total. The first-order valence-corrected chi connectivity index (χ1v) is 6.23. The number of carbonyl (C=O) groups is 1. The van der Waals surface area contributed by atoms with E-state index in [0.29, 0.717) is 6.04 Å². The maximum atomic E-state index is 13.3. The van der Waals surface area contributed by atoms with Crippen molar-refractivity contribution in [2.75, 3.05) is 18.4 Å². The van der Waals surface area contributed by atoms with Gasteiger partial charge in [-0.1, -0.05) is 6.42 Å². The van der Waals surface area contributed by atoms with Gasteiger partial charge < -0.3 is 16.4 Å². The van der Waals surface area contributed by atoms with Crippen molar-refractivity contribution >= 4 is 11.6 Å². The van der Waals surface area contributed by atoms with Gasteiger partial charge >= 0.3 is 0 Å². The molecule has 1 aromatic carbocycles. The number of nitrogens with two attached hydrogens (primary N) is 1. The third kappa shape index (κ3) is 3.20. The molecule has 98 valence electrons. The van der Waals surface area contributed by atoms with Crippen molar-refractivity contribution in [2.45, 2.75) is 25.3 Å². The van der Waals surface area contributed by atoms with Crippen LogP contribution in [0.15, 0.2) is 18.2 Å². The topological polar surface area (TPSA) is 67.2 Å². The summed E-state index contributed by atoms with van der Waals surface area (Å²) in [4.78, 5) is 11.0. The van der Waals surface area contributed by atoms with E-state index in [9.17, 15) is 9.18 Å². The van der Waals surface area contributed by atoms with Crippen LogP contribution in [0.25, 0.3) is 0 Å². The van der Waals surface area contributed by atoms with Crippen LogP contribution in [0.3, 0.4) is 0 Å². The fourth-order valence-corrected chi connectivity index (χ4v) is 2.16. The Bertz CT molecular complexity index is 430. The summed E-state index contributed by atoms with van der Waals surface area (Å²) < 4.78 is 13.3. The minimum Gasteiger partial charge on any atom is -0.383 e. The normalized spacial score (nSPS) is 19.5. The molecule has 1 aromatic rings. The van der Waals surface area contributed by atoms with Crippen LogP contribution >= 0.6 is 0 Å². The number of anilines is 1. The van der Waals surface area contributed by atoms with Gasteiger partial charge in [0, 0.05) is 18.3 Å². The standard InChI is InChI=1S/C13H18FN3O/c14-12-5-4-9(7-11(12)13(15)18)17-8-10-3-1-2-6-16-10/h4-5,7,10,16-17H,1-3,6,8H2,(H2,15,18). The average Bonchev–Trinajstić information content (AvgIpc) is 2.38. The number of amides is 1. The zero-order valence-corrected chi connectivity index (χ0v) is 10.2. The van der Waals surface area contributed by atoms with Crippen molar-refractivity contribution in [3.63, 3.8) is 0 Å². The molecule has 18 heavy (non-hydrogen) atoms. The molecule has 0 aromatic heterocycles. The third-order valence-corrected chi connectivity index (χ3v) is 3.20. The van der Waals surface area contributed by atoms with Gasteiger partial charge in [0.2, 0.25) is 0 Å². The van der Waals surface area contributed by atoms with Crippen LogP contribution in [0.5, 0.6) is 0 Å². The molecule has 4 N–H and O–H groups in total. The summed E-state index contributed by atoms with van der Waals surface area (Å²) >= 11 is 0. The van der Waals surface area contributed by atoms with Crippen molar-refractivity contribution < 1.29 is 9.18 Å². The highest BCUT2D eigenvalue weighted by Crippen LogP contribution is 2.15. The van der Waals surface area contributed by atoms with Gasteiger partial charge in [0.15, 0.2) is 0 Å². The molecule has 1 saturated heterocycles. The van der Waals surface area contributed by atoms with Crippen LogP contribution in [-0.4, -0.2) is 25.0 Å². The number of rotatable bonds is 4. The highest BCUT2D eigenvalue weighted by Gasteiger charge is 2.13. The first kappa shape index (κ1) is 12.8. The number of hydrogen-bond acceptors (Lipinski definition) is 3. The summed E-state index contributed by atoms with van der Waals surface area (Å²) in [6.45, 7) is 1.81. The number of carbonyl (C=O) groups excluding carboxylic acids is 1. The Morgan fingerprint density at radius 2 is 2.33 bits per heavy atom. The lowest BCUT2D eigenvalue weighted by Gasteiger charge is -2.24. The van der Waals surface area contributed by atoms with Crippen molar-refractivity contribution in [1.29, 1.82) is 0 Å². The van der Waals surface area contributed by atoms with Crippen LogP contribution in [0.2, 0.25) is 0 Å². The predicted octanol–water partition coefficient (Wildman–Crippen LogP) is 1.48. The summed E-state index contributed by atoms with van der Waals surface area (Å²) in [6, 6.07) is 4.77. The van der Waals surface area contributed by atoms with Crippen molar-refractivity contribution in [3.8, 4) is 0 Å². The maximum Gasteiger partial charge on any atom is 0.251 e. The lowest BCUT2D eigenvalue weighted by Crippen LogP contribution is -2.39. The molecule has 1 amide bonds. The van der Waals surface area contributed by atoms with Crippen LogP contribution in [0, 0.1) is 5.82 Å². The van der Waals surface area contributed by atoms with E-state index in [1.807, 2.05) is 0 Å². The van der Waals surface area contributed by atoms with E-state index >= 15 is 0 Å². The van der Waals surface area contributed by atoms with Gasteiger partial charge in [-0.25, -0.2) is 4.39 Å². The van der Waals surface area contributed by atoms with Gasteiger partial charge in [-0.15, -0.1) is 0 Å². The van der Waals surface area contributed by atoms with Gasteiger partial charge in [-0.3, -0.25) is 4.79 Å². The zero-order valence-electron chi connectivity index (χ0n) is 10.2. The van der Waals surface area contributed by atoms with Crippen LogP contribution in [-0.2, 0) is 0 Å². The van der Waals surface area contributed by atoms with Crippen molar-refractivity contribution in [2.24, 2.45) is 5.73 Å². The number of piperidine rings is 1. The number of primary amides is 1. The van der Waals surface area contributed by atoms with Gasteiger partial charge in [0.1, 0.15) is 5.82 Å². The minimum absolute atomic E-state index is 0.0726. The Balaban J connectivity index is 1.96. The molecule has 0 spiro atoms. The summed E-state index contributed by atoms with van der Waals surface area (Å²) in [5.74, 6) is -1.32. The van der Waals surface area contributed by atoms with Crippen LogP contribution in [0.4, 0.5) is 10.1 Å². The van der Waals surface area contributed by atoms with E-state index in [4.69, 9.17) is 5.73 Å². The van der Waals surface area contributed by atoms with Crippen molar-refractivity contribution in [1.82, 2.24) is 5.32 Å². The summed E-state index contributed by atoms with van der Waals surface area (Å²) in [6.07, 6.45) is 3.59. The molecule has 1 heterocycles. The Kier molecular flexibility index (Phi) is 4.15. The second-order valence-corrected chi connectivity index (χ2v) is 4.59. The average molecular weight is 251 g/mol. The van der Waals surface area contributed by atoms with Crippen LogP contribution in [0.1, 0.15) is 29.6 Å². The van der Waals surface area contributed by atoms with E-state index in [-0.39, 0.29) is 5.56 Å². The van der Waals surface area contributed by atoms with Gasteiger partial charge in [0.05, 0.1) is 5.56 Å². The van der Waals surface area contributed by atoms with E-state index in [1.165, 1.54) is 25.0 Å². The lowest BCUT2D eigenvalue weighted by molar-refractivity contribution is 0.0996. The Morgan fingerprint density at radius 3 is 3.00 bits per heavy atom. The molecule has 0 saturated carbocycles. The molecular weight excluding hydrogens is 233 g/mol. The molecule has 0 bridgehead atoms. The van der Waals surface area contributed by atoms with Gasteiger partial charge in [-0.05, 0) is 37.6 Å². The molecule has 1 unspecified atom stereocenters. The third-order valence-electron chi connectivity index (χ3n) is 3.20. The van der Waals surface area contributed by atoms with Crippen molar-refractivity contribution in [3.05, 3.63) is 29.6 Å². The first-order chi connectivity index (χ1) is 8.66. The fourth-order valence-electron chi connectivity index (χ4n) is 2.16. The number of halogens is 1. The SMILES string of the molecule is NC(=O)c1cc(NCC2CCCCN2)ccc1F. The minimum atomic E-state index is -0.744. The maximum absolute atomic E-state index is 13.3. The quantitative estimate of drug-likeness (QED) is 0.759. The Hall–Kier alpha value is -1.62. The number of nitrogens with one attached hydrogen (secondary N) is 2. The summed E-state index contributed by atoms with van der Waals surface area (Å²) in [5, 5.41) is 6.61. The molecule has 1 aliphatic heterocycles. The molecule has 2 rings (SSSR count). The Morgan fingerprint density at radius 1 is 1.50 bits per heavy atom. The molecule has 0 radical (unpaired) electrons. The summed E-state index contributed by atoms with van der Waals surface area (Å²) in [7, 11) is 0. The largest absolute Gasteiger partial charge is 0.383 e. The monoisotopic (exact) mass is 251 g/mol. The van der Waals surface area contributed by atoms with Gasteiger partial charge in [-0.2, -0.15) is 0 Å². The first-order valence-electron chi connectivity index (χ1n) is 6.23. The smallest absolute Gasteiger partial charge is 0.251 e. The molecule has 5 heteroatoms. The highest BCUT2D eigenvalue weighted by atomic mass is 19.1. The summed E-state index contributed by atoms with van der Waals surface area (Å²) in [5.41, 5.74) is 5.75. The Labute approximate surface area is 106 Å². The number of benzene rings is 1. The van der Waals surface area contributed by atoms with E-state index in [1.54, 1.807) is 6.07 Å². The van der Waals surface area contributed by atoms with Crippen LogP contribution < -0.4 is 16.4 Å². The second kappa shape index (κ2) is 5.82. The van der Waals surface area contributed by atoms with E-state index < -0.39 is 11.7 Å². The lowest BCUT2D eigenvalue weighted by atomic mass is 10.0. The fraction of sp³-hybridized carbons (Fsp3) is 0.462. The second-order valence-electron chi connectivity index (χ2n) is 4.59. The molecule has 1 atom stereocenters. The zero-order chi connectivity index (χ0) is 13.0. The van der Waals surface area contributed by atoms with E-state index in [2.05, 4.69) is 10.6 Å². The van der Waals surface area contributed by atoms with E-state index in [0.717, 1.165) is 25.2 Å². The number of hydrogen-bond donors (Lipinski definition) is 3. The molecular formula is C13H18FN3O. The molecule has 1 aliphatic rings.